The number of rotatable bonds is 3. The molecule has 0 aliphatic heterocycles. The molecule has 0 atom stereocenters. The zero-order valence-electron chi connectivity index (χ0n) is 25.1. The van der Waals surface area contributed by atoms with E-state index in [1.807, 2.05) is 29.5 Å². The van der Waals surface area contributed by atoms with Gasteiger partial charge in [0.15, 0.2) is 5.58 Å². The normalized spacial score (nSPS) is 11.8. The lowest BCUT2D eigenvalue weighted by Crippen LogP contribution is -1.94. The second kappa shape index (κ2) is 9.92. The van der Waals surface area contributed by atoms with Gasteiger partial charge in [0.1, 0.15) is 5.58 Å². The molecule has 3 aromatic heterocycles. The van der Waals surface area contributed by atoms with Gasteiger partial charge < -0.3 is 8.98 Å². The summed E-state index contributed by atoms with van der Waals surface area (Å²) >= 11 is 1.85. The molecule has 47 heavy (non-hydrogen) atoms. The standard InChI is InChI=1S/C43H24N2OS/c44-25-26-20-23-37-35(24-26)29-12-4-6-17-36(29)45(37)38-18-9-16-34-40-31(22-21-28(42(40)46-41(34)38)27-10-2-1-3-11-27)33-15-8-14-32-30-13-5-7-19-39(30)47-43(32)33/h1-24H. The molecule has 0 spiro atoms. The number of fused-ring (bicyclic) bond motifs is 9. The summed E-state index contributed by atoms with van der Waals surface area (Å²) in [6.07, 6.45) is 0. The first-order valence-corrected chi connectivity index (χ1v) is 16.5. The van der Waals surface area contributed by atoms with Crippen molar-refractivity contribution in [3.63, 3.8) is 0 Å². The van der Waals surface area contributed by atoms with Crippen molar-refractivity contribution >= 4 is 75.3 Å². The molecule has 0 aliphatic rings. The van der Waals surface area contributed by atoms with E-state index in [-0.39, 0.29) is 0 Å². The number of para-hydroxylation sites is 2. The van der Waals surface area contributed by atoms with Crippen molar-refractivity contribution < 1.29 is 4.42 Å². The van der Waals surface area contributed by atoms with E-state index in [0.717, 1.165) is 66.1 Å². The van der Waals surface area contributed by atoms with E-state index in [1.165, 1.54) is 25.7 Å². The van der Waals surface area contributed by atoms with Crippen molar-refractivity contribution in [1.29, 1.82) is 5.26 Å². The van der Waals surface area contributed by atoms with Gasteiger partial charge in [-0.25, -0.2) is 0 Å². The van der Waals surface area contributed by atoms with Gasteiger partial charge in [0.25, 0.3) is 0 Å². The number of furan rings is 1. The molecule has 0 amide bonds. The summed E-state index contributed by atoms with van der Waals surface area (Å²) in [5.74, 6) is 0. The van der Waals surface area contributed by atoms with Gasteiger partial charge in [0.05, 0.1) is 28.4 Å². The predicted molar refractivity (Wildman–Crippen MR) is 197 cm³/mol. The molecule has 3 heterocycles. The van der Waals surface area contributed by atoms with Crippen LogP contribution in [0.2, 0.25) is 0 Å². The average Bonchev–Trinajstić information content (AvgIpc) is 3.81. The summed E-state index contributed by atoms with van der Waals surface area (Å²) in [6, 6.07) is 53.4. The average molecular weight is 617 g/mol. The first kappa shape index (κ1) is 26.1. The Morgan fingerprint density at radius 3 is 2.15 bits per heavy atom. The highest BCUT2D eigenvalue weighted by molar-refractivity contribution is 7.26. The van der Waals surface area contributed by atoms with Crippen molar-refractivity contribution in [2.45, 2.75) is 0 Å². The number of hydrogen-bond acceptors (Lipinski definition) is 3. The Hall–Kier alpha value is -6.15. The van der Waals surface area contributed by atoms with Crippen molar-refractivity contribution in [1.82, 2.24) is 4.57 Å². The van der Waals surface area contributed by atoms with Crippen LogP contribution in [0.15, 0.2) is 150 Å². The van der Waals surface area contributed by atoms with Gasteiger partial charge in [-0.2, -0.15) is 5.26 Å². The van der Waals surface area contributed by atoms with E-state index >= 15 is 0 Å². The van der Waals surface area contributed by atoms with Crippen molar-refractivity contribution in [3.05, 3.63) is 151 Å². The third-order valence-corrected chi connectivity index (χ3v) is 10.7. The van der Waals surface area contributed by atoms with Crippen LogP contribution in [0.5, 0.6) is 0 Å². The van der Waals surface area contributed by atoms with Crippen LogP contribution in [0.1, 0.15) is 5.56 Å². The molecule has 3 nitrogen and oxygen atoms in total. The summed E-state index contributed by atoms with van der Waals surface area (Å²) < 4.78 is 12.0. The molecule has 0 N–H and O–H groups in total. The van der Waals surface area contributed by atoms with Crippen LogP contribution in [0.4, 0.5) is 0 Å². The minimum atomic E-state index is 0.648. The third-order valence-electron chi connectivity index (χ3n) is 9.45. The van der Waals surface area contributed by atoms with Gasteiger partial charge >= 0.3 is 0 Å². The van der Waals surface area contributed by atoms with Crippen LogP contribution in [0.25, 0.3) is 91.9 Å². The highest BCUT2D eigenvalue weighted by Crippen LogP contribution is 2.47. The number of hydrogen-bond donors (Lipinski definition) is 0. The minimum Gasteiger partial charge on any atom is -0.453 e. The zero-order valence-corrected chi connectivity index (χ0v) is 25.9. The SMILES string of the molecule is N#Cc1ccc2c(c1)c1ccccc1n2-c1cccc2c1oc1c(-c3ccccc3)ccc(-c3cccc4c3sc3ccccc34)c12. The first-order chi connectivity index (χ1) is 23.3. The molecule has 10 aromatic rings. The number of nitriles is 1. The quantitative estimate of drug-likeness (QED) is 0.198. The third kappa shape index (κ3) is 3.72. The zero-order chi connectivity index (χ0) is 31.1. The minimum absolute atomic E-state index is 0.648. The Morgan fingerprint density at radius 2 is 1.26 bits per heavy atom. The van der Waals surface area contributed by atoms with E-state index < -0.39 is 0 Å². The fourth-order valence-corrected chi connectivity index (χ4v) is 8.62. The summed E-state index contributed by atoms with van der Waals surface area (Å²) in [4.78, 5) is 0. The molecule has 4 heteroatoms. The van der Waals surface area contributed by atoms with Gasteiger partial charge in [-0.3, -0.25) is 0 Å². The van der Waals surface area contributed by atoms with Crippen molar-refractivity contribution in [2.24, 2.45) is 0 Å². The highest BCUT2D eigenvalue weighted by atomic mass is 32.1. The summed E-state index contributed by atoms with van der Waals surface area (Å²) in [5, 5.41) is 16.6. The van der Waals surface area contributed by atoms with Gasteiger partial charge in [0, 0.05) is 52.8 Å². The molecule has 7 aromatic carbocycles. The maximum atomic E-state index is 9.69. The van der Waals surface area contributed by atoms with Gasteiger partial charge in [0.2, 0.25) is 0 Å². The highest BCUT2D eigenvalue weighted by Gasteiger charge is 2.23. The van der Waals surface area contributed by atoms with Crippen LogP contribution < -0.4 is 0 Å². The first-order valence-electron chi connectivity index (χ1n) is 15.7. The predicted octanol–water partition coefficient (Wildman–Crippen LogP) is 12.3. The lowest BCUT2D eigenvalue weighted by molar-refractivity contribution is 0.667. The second-order valence-corrected chi connectivity index (χ2v) is 13.0. The molecule has 0 bridgehead atoms. The molecule has 0 radical (unpaired) electrons. The molecule has 0 saturated carbocycles. The fourth-order valence-electron chi connectivity index (χ4n) is 7.39. The summed E-state index contributed by atoms with van der Waals surface area (Å²) in [5.41, 5.74) is 10.00. The van der Waals surface area contributed by atoms with Crippen LogP contribution in [0.3, 0.4) is 0 Å². The number of thiophene rings is 1. The topological polar surface area (TPSA) is 41.9 Å². The molecule has 218 valence electrons. The van der Waals surface area contributed by atoms with Crippen LogP contribution in [-0.2, 0) is 0 Å². The summed E-state index contributed by atoms with van der Waals surface area (Å²) in [6.45, 7) is 0. The van der Waals surface area contributed by atoms with Gasteiger partial charge in [-0.15, -0.1) is 11.3 Å². The van der Waals surface area contributed by atoms with E-state index in [0.29, 0.717) is 5.56 Å². The Labute approximate surface area is 273 Å². The Bertz CT molecular complexity index is 2920. The molecular weight excluding hydrogens is 593 g/mol. The van der Waals surface area contributed by atoms with Crippen molar-refractivity contribution in [3.8, 4) is 34.0 Å². The largest absolute Gasteiger partial charge is 0.453 e. The van der Waals surface area contributed by atoms with E-state index in [1.54, 1.807) is 0 Å². The molecule has 0 unspecified atom stereocenters. The van der Waals surface area contributed by atoms with Crippen LogP contribution in [-0.4, -0.2) is 4.57 Å². The van der Waals surface area contributed by atoms with E-state index in [9.17, 15) is 5.26 Å². The molecule has 0 fully saturated rings. The molecular formula is C43H24N2OS. The van der Waals surface area contributed by atoms with E-state index in [2.05, 4.69) is 138 Å². The smallest absolute Gasteiger partial charge is 0.159 e. The van der Waals surface area contributed by atoms with Crippen LogP contribution in [0, 0.1) is 11.3 Å². The van der Waals surface area contributed by atoms with Gasteiger partial charge in [-0.05, 0) is 53.6 Å². The Morgan fingerprint density at radius 1 is 0.532 bits per heavy atom. The Balaban J connectivity index is 1.34. The molecule has 0 saturated heterocycles. The maximum Gasteiger partial charge on any atom is 0.159 e. The lowest BCUT2D eigenvalue weighted by atomic mass is 9.94. The Kier molecular flexibility index (Phi) is 5.51. The van der Waals surface area contributed by atoms with Gasteiger partial charge in [-0.1, -0.05) is 103 Å². The summed E-state index contributed by atoms with van der Waals surface area (Å²) in [7, 11) is 0. The van der Waals surface area contributed by atoms with Crippen LogP contribution >= 0.6 is 11.3 Å². The second-order valence-electron chi connectivity index (χ2n) is 12.0. The monoisotopic (exact) mass is 616 g/mol. The molecule has 0 aliphatic carbocycles. The fraction of sp³-hybridized carbons (Fsp3) is 0. The van der Waals surface area contributed by atoms with Crippen molar-refractivity contribution in [2.75, 3.05) is 0 Å². The lowest BCUT2D eigenvalue weighted by Gasteiger charge is -2.10. The number of aromatic nitrogens is 1. The number of nitrogens with zero attached hydrogens (tertiary/aromatic N) is 2. The number of benzene rings is 7. The van der Waals surface area contributed by atoms with E-state index in [4.69, 9.17) is 4.42 Å². The molecule has 10 rings (SSSR count). The maximum absolute atomic E-state index is 9.69.